The second-order valence-electron chi connectivity index (χ2n) is 4.32. The number of rotatable bonds is 6. The van der Waals surface area contributed by atoms with Gasteiger partial charge in [-0.3, -0.25) is 4.79 Å². The van der Waals surface area contributed by atoms with Crippen LogP contribution in [-0.4, -0.2) is 34.8 Å². The first kappa shape index (κ1) is 14.8. The molecule has 1 atom stereocenters. The zero-order valence-corrected chi connectivity index (χ0v) is 10.7. The highest BCUT2D eigenvalue weighted by molar-refractivity contribution is 5.75. The summed E-state index contributed by atoms with van der Waals surface area (Å²) in [6.07, 6.45) is 0.481. The number of aromatic hydroxyl groups is 1. The molecule has 6 heteroatoms. The number of phenols is 1. The van der Waals surface area contributed by atoms with E-state index in [1.54, 1.807) is 18.2 Å². The normalized spacial score (nSPS) is 11.6. The van der Waals surface area contributed by atoms with Crippen LogP contribution in [-0.2, 0) is 11.2 Å². The van der Waals surface area contributed by atoms with Gasteiger partial charge in [0.1, 0.15) is 5.75 Å². The maximum absolute atomic E-state index is 11.4. The Labute approximate surface area is 111 Å². The lowest BCUT2D eigenvalue weighted by Crippen LogP contribution is -2.42. The second kappa shape index (κ2) is 7.25. The van der Waals surface area contributed by atoms with Crippen LogP contribution in [0.3, 0.4) is 0 Å². The summed E-state index contributed by atoms with van der Waals surface area (Å²) in [7, 11) is 0. The number of carbonyl (C=O) groups excluding carboxylic acids is 1. The SMILES string of the molecule is CC(Cc1cccc(O)c1)NC(=O)NCCC(=O)O. The Balaban J connectivity index is 2.32. The quantitative estimate of drug-likeness (QED) is 0.619. The molecule has 0 radical (unpaired) electrons. The Morgan fingerprint density at radius 1 is 1.37 bits per heavy atom. The third-order valence-electron chi connectivity index (χ3n) is 2.45. The highest BCUT2D eigenvalue weighted by Crippen LogP contribution is 2.12. The predicted octanol–water partition coefficient (Wildman–Crippen LogP) is 1.10. The predicted molar refractivity (Wildman–Crippen MR) is 70.1 cm³/mol. The second-order valence-corrected chi connectivity index (χ2v) is 4.32. The lowest BCUT2D eigenvalue weighted by molar-refractivity contribution is -0.136. The van der Waals surface area contributed by atoms with Crippen molar-refractivity contribution in [1.82, 2.24) is 10.6 Å². The molecule has 0 aliphatic carbocycles. The molecule has 1 aromatic rings. The van der Waals surface area contributed by atoms with Crippen molar-refractivity contribution >= 4 is 12.0 Å². The van der Waals surface area contributed by atoms with Gasteiger partial charge in [-0.1, -0.05) is 12.1 Å². The van der Waals surface area contributed by atoms with E-state index in [1.165, 1.54) is 0 Å². The molecule has 0 aliphatic heterocycles. The molecule has 104 valence electrons. The number of hydrogen-bond donors (Lipinski definition) is 4. The fraction of sp³-hybridized carbons (Fsp3) is 0.385. The Kier molecular flexibility index (Phi) is 5.66. The zero-order valence-electron chi connectivity index (χ0n) is 10.7. The average Bonchev–Trinajstić information content (AvgIpc) is 2.27. The lowest BCUT2D eigenvalue weighted by atomic mass is 10.1. The number of benzene rings is 1. The molecule has 0 bridgehead atoms. The van der Waals surface area contributed by atoms with Crippen LogP contribution < -0.4 is 10.6 Å². The van der Waals surface area contributed by atoms with Gasteiger partial charge in [-0.15, -0.1) is 0 Å². The number of amides is 2. The molecule has 0 aliphatic rings. The molecular weight excluding hydrogens is 248 g/mol. The van der Waals surface area contributed by atoms with E-state index in [2.05, 4.69) is 10.6 Å². The highest BCUT2D eigenvalue weighted by atomic mass is 16.4. The summed E-state index contributed by atoms with van der Waals surface area (Å²) in [6.45, 7) is 1.93. The molecule has 1 unspecified atom stereocenters. The average molecular weight is 266 g/mol. The molecule has 0 saturated carbocycles. The van der Waals surface area contributed by atoms with Crippen molar-refractivity contribution in [1.29, 1.82) is 0 Å². The summed E-state index contributed by atoms with van der Waals surface area (Å²) < 4.78 is 0. The van der Waals surface area contributed by atoms with Crippen molar-refractivity contribution in [3.05, 3.63) is 29.8 Å². The summed E-state index contributed by atoms with van der Waals surface area (Å²) in [5, 5.41) is 22.9. The van der Waals surface area contributed by atoms with Crippen molar-refractivity contribution in [2.24, 2.45) is 0 Å². The molecule has 0 aromatic heterocycles. The molecule has 1 aromatic carbocycles. The lowest BCUT2D eigenvalue weighted by Gasteiger charge is -2.14. The van der Waals surface area contributed by atoms with Gasteiger partial charge in [0.15, 0.2) is 0 Å². The van der Waals surface area contributed by atoms with E-state index in [-0.39, 0.29) is 24.8 Å². The molecular formula is C13H18N2O4. The van der Waals surface area contributed by atoms with Crippen LogP contribution in [0.1, 0.15) is 18.9 Å². The third-order valence-corrected chi connectivity index (χ3v) is 2.45. The van der Waals surface area contributed by atoms with Crippen molar-refractivity contribution in [3.63, 3.8) is 0 Å². The van der Waals surface area contributed by atoms with Crippen molar-refractivity contribution in [2.75, 3.05) is 6.54 Å². The van der Waals surface area contributed by atoms with Gasteiger partial charge in [-0.2, -0.15) is 0 Å². The van der Waals surface area contributed by atoms with Crippen molar-refractivity contribution < 1.29 is 19.8 Å². The van der Waals surface area contributed by atoms with Gasteiger partial charge in [-0.25, -0.2) is 4.79 Å². The summed E-state index contributed by atoms with van der Waals surface area (Å²) in [5.41, 5.74) is 0.915. The number of nitrogens with one attached hydrogen (secondary N) is 2. The van der Waals surface area contributed by atoms with Crippen molar-refractivity contribution in [2.45, 2.75) is 25.8 Å². The number of carbonyl (C=O) groups is 2. The first-order valence-electron chi connectivity index (χ1n) is 6.01. The topological polar surface area (TPSA) is 98.7 Å². The molecule has 4 N–H and O–H groups in total. The fourth-order valence-electron chi connectivity index (χ4n) is 1.65. The number of carboxylic acids is 1. The molecule has 6 nitrogen and oxygen atoms in total. The Morgan fingerprint density at radius 2 is 2.11 bits per heavy atom. The maximum atomic E-state index is 11.4. The van der Waals surface area contributed by atoms with Gasteiger partial charge in [0.05, 0.1) is 6.42 Å². The molecule has 0 heterocycles. The standard InChI is InChI=1S/C13H18N2O4/c1-9(7-10-3-2-4-11(16)8-10)15-13(19)14-6-5-12(17)18/h2-4,8-9,16H,5-7H2,1H3,(H,17,18)(H2,14,15,19). The first-order chi connectivity index (χ1) is 8.97. The molecule has 0 fully saturated rings. The fourth-order valence-corrected chi connectivity index (χ4v) is 1.65. The minimum absolute atomic E-state index is 0.0972. The van der Waals surface area contributed by atoms with Crippen LogP contribution >= 0.6 is 0 Å². The van der Waals surface area contributed by atoms with Gasteiger partial charge >= 0.3 is 12.0 Å². The van der Waals surface area contributed by atoms with E-state index >= 15 is 0 Å². The van der Waals surface area contributed by atoms with E-state index in [0.717, 1.165) is 5.56 Å². The van der Waals surface area contributed by atoms with Crippen LogP contribution in [0.25, 0.3) is 0 Å². The summed E-state index contributed by atoms with van der Waals surface area (Å²) in [5.74, 6) is -0.760. The Bertz CT molecular complexity index is 448. The highest BCUT2D eigenvalue weighted by Gasteiger charge is 2.08. The molecule has 2 amide bonds. The van der Waals surface area contributed by atoms with Gasteiger partial charge in [0, 0.05) is 12.6 Å². The van der Waals surface area contributed by atoms with E-state index in [1.807, 2.05) is 13.0 Å². The van der Waals surface area contributed by atoms with Gasteiger partial charge in [-0.05, 0) is 31.0 Å². The maximum Gasteiger partial charge on any atom is 0.315 e. The van der Waals surface area contributed by atoms with Gasteiger partial charge in [0.2, 0.25) is 0 Å². The zero-order chi connectivity index (χ0) is 14.3. The molecule has 0 spiro atoms. The number of carboxylic acid groups (broad SMARTS) is 1. The van der Waals surface area contributed by atoms with Crippen LogP contribution in [0, 0.1) is 0 Å². The van der Waals surface area contributed by atoms with Crippen molar-refractivity contribution in [3.8, 4) is 5.75 Å². The molecule has 1 rings (SSSR count). The first-order valence-corrected chi connectivity index (χ1v) is 6.01. The van der Waals surface area contributed by atoms with E-state index in [4.69, 9.17) is 5.11 Å². The van der Waals surface area contributed by atoms with E-state index < -0.39 is 12.0 Å². The van der Waals surface area contributed by atoms with Crippen LogP contribution in [0.15, 0.2) is 24.3 Å². The largest absolute Gasteiger partial charge is 0.508 e. The minimum atomic E-state index is -0.951. The van der Waals surface area contributed by atoms with E-state index in [0.29, 0.717) is 6.42 Å². The Hall–Kier alpha value is -2.24. The number of aliphatic carboxylic acids is 1. The molecule has 19 heavy (non-hydrogen) atoms. The minimum Gasteiger partial charge on any atom is -0.508 e. The van der Waals surface area contributed by atoms with Gasteiger partial charge in [0.25, 0.3) is 0 Å². The number of phenolic OH excluding ortho intramolecular Hbond substituents is 1. The smallest absolute Gasteiger partial charge is 0.315 e. The number of urea groups is 1. The monoisotopic (exact) mass is 266 g/mol. The third kappa shape index (κ3) is 6.30. The summed E-state index contributed by atoms with van der Waals surface area (Å²) in [4.78, 5) is 21.7. The van der Waals surface area contributed by atoms with Crippen LogP contribution in [0.4, 0.5) is 4.79 Å². The van der Waals surface area contributed by atoms with E-state index in [9.17, 15) is 14.7 Å². The summed E-state index contributed by atoms with van der Waals surface area (Å²) >= 11 is 0. The Morgan fingerprint density at radius 3 is 2.74 bits per heavy atom. The number of hydrogen-bond acceptors (Lipinski definition) is 3. The molecule has 0 saturated heterocycles. The van der Waals surface area contributed by atoms with Gasteiger partial charge < -0.3 is 20.8 Å². The van der Waals surface area contributed by atoms with Crippen LogP contribution in [0.5, 0.6) is 5.75 Å². The van der Waals surface area contributed by atoms with Crippen LogP contribution in [0.2, 0.25) is 0 Å². The summed E-state index contributed by atoms with van der Waals surface area (Å²) in [6, 6.07) is 6.31.